The summed E-state index contributed by atoms with van der Waals surface area (Å²) in [7, 11) is 0. The van der Waals surface area contributed by atoms with Crippen molar-refractivity contribution in [1.82, 2.24) is 29.9 Å². The molecule has 1 aliphatic rings. The number of rotatable bonds is 9. The van der Waals surface area contributed by atoms with E-state index < -0.39 is 29.9 Å². The zero-order chi connectivity index (χ0) is 30.7. The van der Waals surface area contributed by atoms with E-state index in [0.717, 1.165) is 31.2 Å². The number of halogens is 3. The summed E-state index contributed by atoms with van der Waals surface area (Å²) in [6, 6.07) is 9.14. The number of aromatic nitrogens is 5. The first kappa shape index (κ1) is 29.9. The molecule has 1 aliphatic carbocycles. The van der Waals surface area contributed by atoms with Gasteiger partial charge in [0.25, 0.3) is 12.3 Å². The predicted octanol–water partition coefficient (Wildman–Crippen LogP) is 4.97. The van der Waals surface area contributed by atoms with Crippen molar-refractivity contribution < 1.29 is 23.1 Å². The zero-order valence-corrected chi connectivity index (χ0v) is 23.6. The van der Waals surface area contributed by atoms with Gasteiger partial charge in [-0.05, 0) is 75.3 Å². The molecular formula is C30H31F3N8O2. The van der Waals surface area contributed by atoms with Gasteiger partial charge in [-0.25, -0.2) is 27.7 Å². The highest BCUT2D eigenvalue weighted by Crippen LogP contribution is 2.35. The average Bonchev–Trinajstić information content (AvgIpc) is 3.43. The monoisotopic (exact) mass is 592 g/mol. The molecule has 1 atom stereocenters. The number of amides is 1. The molecule has 0 bridgehead atoms. The highest BCUT2D eigenvalue weighted by Gasteiger charge is 2.28. The van der Waals surface area contributed by atoms with Crippen molar-refractivity contribution in [3.05, 3.63) is 71.6 Å². The third-order valence-corrected chi connectivity index (χ3v) is 7.69. The molecule has 5 rings (SSSR count). The summed E-state index contributed by atoms with van der Waals surface area (Å²) in [6.07, 6.45) is 4.40. The van der Waals surface area contributed by atoms with Crippen LogP contribution in [0.1, 0.15) is 79.2 Å². The van der Waals surface area contributed by atoms with Crippen LogP contribution in [0.15, 0.2) is 49.1 Å². The van der Waals surface area contributed by atoms with E-state index in [0.29, 0.717) is 28.2 Å². The van der Waals surface area contributed by atoms with Gasteiger partial charge in [0, 0.05) is 24.6 Å². The number of pyridine rings is 1. The van der Waals surface area contributed by atoms with Crippen LogP contribution in [0.5, 0.6) is 0 Å². The minimum Gasteiger partial charge on any atom is -0.387 e. The lowest BCUT2D eigenvalue weighted by atomic mass is 9.82. The molecular weight excluding hydrogens is 561 g/mol. The summed E-state index contributed by atoms with van der Waals surface area (Å²) in [5.41, 5.74) is 2.21. The number of fused-ring (bicyclic) bond motifs is 1. The van der Waals surface area contributed by atoms with E-state index in [1.807, 2.05) is 12.1 Å². The molecule has 0 unspecified atom stereocenters. The smallest absolute Gasteiger partial charge is 0.297 e. The normalized spacial score (nSPS) is 17.9. The molecule has 0 aromatic carbocycles. The van der Waals surface area contributed by atoms with E-state index in [1.54, 1.807) is 16.6 Å². The second-order valence-corrected chi connectivity index (χ2v) is 11.2. The Hall–Kier alpha value is -4.57. The molecule has 1 saturated carbocycles. The number of aliphatic hydroxyl groups is 1. The molecule has 13 heteroatoms. The van der Waals surface area contributed by atoms with Crippen LogP contribution in [0.4, 0.5) is 18.9 Å². The fourth-order valence-corrected chi connectivity index (χ4v) is 5.14. The molecule has 4 aromatic rings. The maximum atomic E-state index is 14.4. The van der Waals surface area contributed by atoms with Crippen molar-refractivity contribution >= 4 is 17.1 Å². The summed E-state index contributed by atoms with van der Waals surface area (Å²) in [5, 5.41) is 29.5. The second kappa shape index (κ2) is 12.3. The number of alkyl halides is 3. The standard InChI is InChI=1S/C30H31F3N8O2/c1-30(2,43)26(31)16-38-29(42)22-15-35-24(25-8-7-21-9-17(11-34)12-39-41(21)25)10-23(22)40-20-5-3-18(4-6-20)19-13-36-28(27(32)33)37-14-19/h7-10,12-15,18,20,26-27,43H,3-6,16H2,1-2H3,(H,35,40)(H,38,42)/t18?,20?,26-/m1/s1. The summed E-state index contributed by atoms with van der Waals surface area (Å²) < 4.78 is 41.7. The summed E-state index contributed by atoms with van der Waals surface area (Å²) in [4.78, 5) is 25.3. The first-order valence-electron chi connectivity index (χ1n) is 13.9. The first-order valence-corrected chi connectivity index (χ1v) is 13.9. The molecule has 0 aliphatic heterocycles. The topological polar surface area (TPSA) is 141 Å². The van der Waals surface area contributed by atoms with E-state index >= 15 is 0 Å². The highest BCUT2D eigenvalue weighted by molar-refractivity contribution is 6.00. The van der Waals surface area contributed by atoms with Crippen molar-refractivity contribution in [3.8, 4) is 17.5 Å². The molecule has 1 fully saturated rings. The molecule has 4 aromatic heterocycles. The Kier molecular flexibility index (Phi) is 8.59. The Balaban J connectivity index is 1.37. The predicted molar refractivity (Wildman–Crippen MR) is 152 cm³/mol. The van der Waals surface area contributed by atoms with Crippen LogP contribution >= 0.6 is 0 Å². The van der Waals surface area contributed by atoms with E-state index in [2.05, 4.69) is 36.8 Å². The highest BCUT2D eigenvalue weighted by atomic mass is 19.3. The third kappa shape index (κ3) is 6.75. The van der Waals surface area contributed by atoms with E-state index in [9.17, 15) is 28.3 Å². The number of anilines is 1. The first-order chi connectivity index (χ1) is 20.5. The molecule has 10 nitrogen and oxygen atoms in total. The lowest BCUT2D eigenvalue weighted by Crippen LogP contribution is -2.42. The van der Waals surface area contributed by atoms with Gasteiger partial charge in [0.05, 0.1) is 52.1 Å². The summed E-state index contributed by atoms with van der Waals surface area (Å²) >= 11 is 0. The molecule has 0 spiro atoms. The van der Waals surface area contributed by atoms with Crippen molar-refractivity contribution in [3.63, 3.8) is 0 Å². The second-order valence-electron chi connectivity index (χ2n) is 11.2. The Morgan fingerprint density at radius 1 is 1.09 bits per heavy atom. The van der Waals surface area contributed by atoms with Crippen LogP contribution in [0.25, 0.3) is 16.9 Å². The quantitative estimate of drug-likeness (QED) is 0.247. The van der Waals surface area contributed by atoms with Crippen LogP contribution in [0, 0.1) is 11.3 Å². The minimum absolute atomic E-state index is 0.00928. The van der Waals surface area contributed by atoms with Gasteiger partial charge < -0.3 is 15.7 Å². The van der Waals surface area contributed by atoms with Crippen LogP contribution in [-0.2, 0) is 0 Å². The Morgan fingerprint density at radius 2 is 1.81 bits per heavy atom. The number of nitriles is 1. The minimum atomic E-state index is -2.72. The van der Waals surface area contributed by atoms with E-state index in [1.165, 1.54) is 38.6 Å². The largest absolute Gasteiger partial charge is 0.387 e. The number of nitrogens with zero attached hydrogens (tertiary/aromatic N) is 6. The molecule has 224 valence electrons. The third-order valence-electron chi connectivity index (χ3n) is 7.69. The summed E-state index contributed by atoms with van der Waals surface area (Å²) in [5.74, 6) is -0.910. The van der Waals surface area contributed by atoms with Gasteiger partial charge in [0.15, 0.2) is 5.82 Å². The number of carbonyl (C=O) groups excluding carboxylic acids is 1. The van der Waals surface area contributed by atoms with Crippen LogP contribution in [-0.4, -0.2) is 59.9 Å². The maximum absolute atomic E-state index is 14.4. The van der Waals surface area contributed by atoms with Gasteiger partial charge in [-0.15, -0.1) is 0 Å². The van der Waals surface area contributed by atoms with Gasteiger partial charge in [0.2, 0.25) is 0 Å². The van der Waals surface area contributed by atoms with Crippen molar-refractivity contribution in [2.24, 2.45) is 0 Å². The van der Waals surface area contributed by atoms with Gasteiger partial charge in [-0.2, -0.15) is 10.4 Å². The molecule has 3 N–H and O–H groups in total. The van der Waals surface area contributed by atoms with Crippen LogP contribution in [0.2, 0.25) is 0 Å². The van der Waals surface area contributed by atoms with Crippen LogP contribution < -0.4 is 10.6 Å². The Bertz CT molecular complexity index is 1640. The number of carbonyl (C=O) groups is 1. The molecule has 1 amide bonds. The van der Waals surface area contributed by atoms with E-state index in [4.69, 9.17) is 0 Å². The number of nitrogens with one attached hydrogen (secondary N) is 2. The molecule has 0 saturated heterocycles. The lowest BCUT2D eigenvalue weighted by molar-refractivity contribution is -0.00177. The average molecular weight is 593 g/mol. The Morgan fingerprint density at radius 3 is 2.47 bits per heavy atom. The molecule has 0 radical (unpaired) electrons. The Labute approximate surface area is 246 Å². The van der Waals surface area contributed by atoms with Crippen LogP contribution in [0.3, 0.4) is 0 Å². The van der Waals surface area contributed by atoms with Gasteiger partial charge in [-0.1, -0.05) is 0 Å². The van der Waals surface area contributed by atoms with Gasteiger partial charge in [0.1, 0.15) is 12.2 Å². The van der Waals surface area contributed by atoms with Gasteiger partial charge in [-0.3, -0.25) is 9.78 Å². The fraction of sp³-hybridized carbons (Fsp3) is 0.400. The number of hydrogen-bond acceptors (Lipinski definition) is 8. The van der Waals surface area contributed by atoms with Gasteiger partial charge >= 0.3 is 0 Å². The van der Waals surface area contributed by atoms with E-state index in [-0.39, 0.29) is 24.1 Å². The summed E-state index contributed by atoms with van der Waals surface area (Å²) in [6.45, 7) is 2.28. The van der Waals surface area contributed by atoms with Crippen molar-refractivity contribution in [2.45, 2.75) is 69.7 Å². The SMILES string of the molecule is CC(C)(O)[C@H](F)CNC(=O)c1cnc(-c2ccc3cc(C#N)cnn23)cc1NC1CCC(c2cnc(C(F)F)nc2)CC1. The lowest BCUT2D eigenvalue weighted by Gasteiger charge is -2.30. The number of hydrogen-bond donors (Lipinski definition) is 3. The zero-order valence-electron chi connectivity index (χ0n) is 23.6. The van der Waals surface area contributed by atoms with Crippen molar-refractivity contribution in [2.75, 3.05) is 11.9 Å². The molecule has 43 heavy (non-hydrogen) atoms. The maximum Gasteiger partial charge on any atom is 0.297 e. The van der Waals surface area contributed by atoms with Crippen molar-refractivity contribution in [1.29, 1.82) is 5.26 Å². The molecule has 4 heterocycles. The fourth-order valence-electron chi connectivity index (χ4n) is 5.14.